The highest BCUT2D eigenvalue weighted by Crippen LogP contribution is 2.32. The monoisotopic (exact) mass is 297 g/mol. The summed E-state index contributed by atoms with van der Waals surface area (Å²) < 4.78 is 8.06. The SMILES string of the molecule is CCn1nccc1C1=C(COc2cncc(C)c2)CCCC1. The topological polar surface area (TPSA) is 39.9 Å². The van der Waals surface area contributed by atoms with Crippen LogP contribution in [0.4, 0.5) is 0 Å². The van der Waals surface area contributed by atoms with E-state index in [1.807, 2.05) is 25.4 Å². The molecule has 3 rings (SSSR count). The first-order chi connectivity index (χ1) is 10.8. The van der Waals surface area contributed by atoms with Crippen molar-refractivity contribution < 1.29 is 4.74 Å². The molecule has 0 amide bonds. The van der Waals surface area contributed by atoms with Crippen molar-refractivity contribution in [3.05, 3.63) is 47.6 Å². The molecule has 2 aromatic heterocycles. The van der Waals surface area contributed by atoms with Crippen LogP contribution in [0.2, 0.25) is 0 Å². The van der Waals surface area contributed by atoms with Crippen LogP contribution in [0, 0.1) is 6.92 Å². The predicted molar refractivity (Wildman–Crippen MR) is 87.8 cm³/mol. The van der Waals surface area contributed by atoms with Crippen LogP contribution in [0.1, 0.15) is 43.9 Å². The van der Waals surface area contributed by atoms with Crippen LogP contribution in [0.15, 0.2) is 36.3 Å². The number of aryl methyl sites for hydroxylation is 2. The molecule has 1 aliphatic carbocycles. The van der Waals surface area contributed by atoms with Crippen molar-refractivity contribution in [2.45, 2.75) is 46.1 Å². The van der Waals surface area contributed by atoms with E-state index in [0.717, 1.165) is 30.7 Å². The van der Waals surface area contributed by atoms with Gasteiger partial charge in [-0.05, 0) is 68.4 Å². The summed E-state index contributed by atoms with van der Waals surface area (Å²) in [7, 11) is 0. The van der Waals surface area contributed by atoms with E-state index in [-0.39, 0.29) is 0 Å². The van der Waals surface area contributed by atoms with Gasteiger partial charge >= 0.3 is 0 Å². The molecule has 0 radical (unpaired) electrons. The van der Waals surface area contributed by atoms with Gasteiger partial charge < -0.3 is 4.74 Å². The molecule has 0 spiro atoms. The second-order valence-corrected chi connectivity index (χ2v) is 5.81. The number of hydrogen-bond acceptors (Lipinski definition) is 3. The molecule has 0 fully saturated rings. The zero-order valence-electron chi connectivity index (χ0n) is 13.4. The fourth-order valence-electron chi connectivity index (χ4n) is 3.05. The first kappa shape index (κ1) is 14.8. The maximum atomic E-state index is 5.98. The van der Waals surface area contributed by atoms with E-state index in [0.29, 0.717) is 6.61 Å². The van der Waals surface area contributed by atoms with E-state index >= 15 is 0 Å². The Morgan fingerprint density at radius 1 is 1.23 bits per heavy atom. The summed E-state index contributed by atoms with van der Waals surface area (Å²) in [6.07, 6.45) is 10.3. The molecule has 0 saturated carbocycles. The van der Waals surface area contributed by atoms with Gasteiger partial charge in [0.1, 0.15) is 12.4 Å². The van der Waals surface area contributed by atoms with Gasteiger partial charge in [0.2, 0.25) is 0 Å². The molecule has 0 N–H and O–H groups in total. The minimum absolute atomic E-state index is 0.648. The quantitative estimate of drug-likeness (QED) is 0.837. The average Bonchev–Trinajstić information content (AvgIpc) is 3.02. The molecule has 0 atom stereocenters. The highest BCUT2D eigenvalue weighted by molar-refractivity contribution is 5.67. The lowest BCUT2D eigenvalue weighted by molar-refractivity contribution is 0.343. The predicted octanol–water partition coefficient (Wildman–Crippen LogP) is 4.01. The Morgan fingerprint density at radius 2 is 2.09 bits per heavy atom. The normalized spacial score (nSPS) is 15.2. The van der Waals surface area contributed by atoms with E-state index in [4.69, 9.17) is 4.74 Å². The Kier molecular flexibility index (Phi) is 4.56. The molecule has 0 saturated heterocycles. The lowest BCUT2D eigenvalue weighted by Gasteiger charge is -2.21. The molecule has 4 heteroatoms. The Labute approximate surface area is 131 Å². The number of nitrogens with zero attached hydrogens (tertiary/aromatic N) is 3. The second-order valence-electron chi connectivity index (χ2n) is 5.81. The van der Waals surface area contributed by atoms with E-state index in [2.05, 4.69) is 27.8 Å². The number of allylic oxidation sites excluding steroid dienone is 1. The third-order valence-corrected chi connectivity index (χ3v) is 4.17. The molecule has 116 valence electrons. The average molecular weight is 297 g/mol. The molecular formula is C18H23N3O. The van der Waals surface area contributed by atoms with Crippen LogP contribution < -0.4 is 4.74 Å². The van der Waals surface area contributed by atoms with E-state index < -0.39 is 0 Å². The Balaban J connectivity index is 1.82. The van der Waals surface area contributed by atoms with E-state index in [1.54, 1.807) is 6.20 Å². The third-order valence-electron chi connectivity index (χ3n) is 4.17. The highest BCUT2D eigenvalue weighted by Gasteiger charge is 2.17. The Hall–Kier alpha value is -2.10. The van der Waals surface area contributed by atoms with Crippen molar-refractivity contribution >= 4 is 5.57 Å². The van der Waals surface area contributed by atoms with Crippen molar-refractivity contribution in [1.82, 2.24) is 14.8 Å². The summed E-state index contributed by atoms with van der Waals surface area (Å²) in [6, 6.07) is 4.16. The molecule has 0 aliphatic heterocycles. The molecule has 2 heterocycles. The fourth-order valence-corrected chi connectivity index (χ4v) is 3.05. The van der Waals surface area contributed by atoms with Gasteiger partial charge in [0, 0.05) is 18.9 Å². The van der Waals surface area contributed by atoms with Crippen LogP contribution in [0.25, 0.3) is 5.57 Å². The van der Waals surface area contributed by atoms with Crippen LogP contribution in [-0.4, -0.2) is 21.4 Å². The molecule has 4 nitrogen and oxygen atoms in total. The molecule has 0 aromatic carbocycles. The van der Waals surface area contributed by atoms with Crippen molar-refractivity contribution in [3.63, 3.8) is 0 Å². The summed E-state index contributed by atoms with van der Waals surface area (Å²) >= 11 is 0. The van der Waals surface area contributed by atoms with E-state index in [9.17, 15) is 0 Å². The smallest absolute Gasteiger partial charge is 0.138 e. The number of aromatic nitrogens is 3. The van der Waals surface area contributed by atoms with Crippen molar-refractivity contribution in [1.29, 1.82) is 0 Å². The van der Waals surface area contributed by atoms with Crippen molar-refractivity contribution in [2.24, 2.45) is 0 Å². The van der Waals surface area contributed by atoms with Crippen LogP contribution >= 0.6 is 0 Å². The molecule has 2 aromatic rings. The first-order valence-corrected chi connectivity index (χ1v) is 8.05. The van der Waals surface area contributed by atoms with Gasteiger partial charge in [-0.25, -0.2) is 0 Å². The number of hydrogen-bond donors (Lipinski definition) is 0. The second kappa shape index (κ2) is 6.77. The van der Waals surface area contributed by atoms with Gasteiger partial charge in [-0.15, -0.1) is 0 Å². The summed E-state index contributed by atoms with van der Waals surface area (Å²) in [6.45, 7) is 5.72. The zero-order chi connectivity index (χ0) is 15.4. The van der Waals surface area contributed by atoms with Crippen molar-refractivity contribution in [3.8, 4) is 5.75 Å². The summed E-state index contributed by atoms with van der Waals surface area (Å²) in [4.78, 5) is 4.19. The zero-order valence-corrected chi connectivity index (χ0v) is 13.4. The summed E-state index contributed by atoms with van der Waals surface area (Å²) in [5, 5.41) is 4.41. The minimum atomic E-state index is 0.648. The molecule has 1 aliphatic rings. The maximum Gasteiger partial charge on any atom is 0.138 e. The summed E-state index contributed by atoms with van der Waals surface area (Å²) in [5.41, 5.74) is 5.21. The van der Waals surface area contributed by atoms with Gasteiger partial charge in [-0.3, -0.25) is 9.67 Å². The lowest BCUT2D eigenvalue weighted by Crippen LogP contribution is -2.11. The fraction of sp³-hybridized carbons (Fsp3) is 0.444. The van der Waals surface area contributed by atoms with Gasteiger partial charge in [0.05, 0.1) is 11.9 Å². The number of ether oxygens (including phenoxy) is 1. The molecule has 22 heavy (non-hydrogen) atoms. The van der Waals surface area contributed by atoms with Gasteiger partial charge in [-0.2, -0.15) is 5.10 Å². The molecule has 0 unspecified atom stereocenters. The maximum absolute atomic E-state index is 5.98. The molecule has 0 bridgehead atoms. The first-order valence-electron chi connectivity index (χ1n) is 8.05. The highest BCUT2D eigenvalue weighted by atomic mass is 16.5. The third kappa shape index (κ3) is 3.21. The number of rotatable bonds is 5. The van der Waals surface area contributed by atoms with E-state index in [1.165, 1.54) is 29.7 Å². The van der Waals surface area contributed by atoms with Gasteiger partial charge in [0.25, 0.3) is 0 Å². The summed E-state index contributed by atoms with van der Waals surface area (Å²) in [5.74, 6) is 0.849. The van der Waals surface area contributed by atoms with Gasteiger partial charge in [0.15, 0.2) is 0 Å². The lowest BCUT2D eigenvalue weighted by atomic mass is 9.90. The Bertz CT molecular complexity index is 672. The van der Waals surface area contributed by atoms with Crippen LogP contribution in [0.3, 0.4) is 0 Å². The Morgan fingerprint density at radius 3 is 2.91 bits per heavy atom. The minimum Gasteiger partial charge on any atom is -0.488 e. The van der Waals surface area contributed by atoms with Crippen LogP contribution in [0.5, 0.6) is 5.75 Å². The van der Waals surface area contributed by atoms with Crippen LogP contribution in [-0.2, 0) is 6.54 Å². The molecular weight excluding hydrogens is 274 g/mol. The largest absolute Gasteiger partial charge is 0.488 e. The number of pyridine rings is 1. The van der Waals surface area contributed by atoms with Crippen molar-refractivity contribution in [2.75, 3.05) is 6.61 Å². The van der Waals surface area contributed by atoms with Gasteiger partial charge in [-0.1, -0.05) is 0 Å². The standard InChI is InChI=1S/C18H23N3O/c1-3-21-18(8-9-20-21)17-7-5-4-6-15(17)13-22-16-10-14(2)11-19-12-16/h8-12H,3-7,13H2,1-2H3.